The van der Waals surface area contributed by atoms with E-state index in [-0.39, 0.29) is 28.3 Å². The summed E-state index contributed by atoms with van der Waals surface area (Å²) in [6.45, 7) is 0. The number of nitrogens with zero attached hydrogens (tertiary/aromatic N) is 1. The Kier molecular flexibility index (Phi) is 3.52. The van der Waals surface area contributed by atoms with E-state index < -0.39 is 11.9 Å². The third-order valence-corrected chi connectivity index (χ3v) is 2.47. The molecule has 0 spiro atoms. The second-order valence-corrected chi connectivity index (χ2v) is 3.92. The van der Waals surface area contributed by atoms with E-state index in [4.69, 9.17) is 10.2 Å². The van der Waals surface area contributed by atoms with Crippen molar-refractivity contribution in [2.45, 2.75) is 0 Å². The minimum absolute atomic E-state index is 0.0523. The molecule has 0 atom stereocenters. The molecule has 7 heteroatoms. The molecule has 20 heavy (non-hydrogen) atoms. The zero-order valence-electron chi connectivity index (χ0n) is 10.1. The maximum atomic E-state index is 11.9. The van der Waals surface area contributed by atoms with Gasteiger partial charge in [0.1, 0.15) is 11.5 Å². The van der Waals surface area contributed by atoms with Gasteiger partial charge >= 0.3 is 5.97 Å². The van der Waals surface area contributed by atoms with E-state index >= 15 is 0 Å². The predicted molar refractivity (Wildman–Crippen MR) is 68.9 cm³/mol. The summed E-state index contributed by atoms with van der Waals surface area (Å²) in [6, 6.07) is 4.76. The van der Waals surface area contributed by atoms with Crippen molar-refractivity contribution >= 4 is 17.6 Å². The van der Waals surface area contributed by atoms with Crippen molar-refractivity contribution in [2.75, 3.05) is 5.32 Å². The van der Waals surface area contributed by atoms with Crippen LogP contribution in [0.25, 0.3) is 0 Å². The number of amides is 1. The van der Waals surface area contributed by atoms with Crippen molar-refractivity contribution in [1.29, 1.82) is 0 Å². The van der Waals surface area contributed by atoms with Gasteiger partial charge in [-0.3, -0.25) is 9.78 Å². The molecular formula is C13H10N2O5. The second kappa shape index (κ2) is 5.27. The second-order valence-electron chi connectivity index (χ2n) is 3.92. The molecule has 1 amide bonds. The van der Waals surface area contributed by atoms with E-state index in [2.05, 4.69) is 10.3 Å². The molecule has 0 saturated carbocycles. The van der Waals surface area contributed by atoms with Crippen molar-refractivity contribution in [3.63, 3.8) is 0 Å². The Morgan fingerprint density at radius 1 is 1.10 bits per heavy atom. The van der Waals surface area contributed by atoms with E-state index in [1.165, 1.54) is 24.4 Å². The number of aromatic hydroxyl groups is 2. The topological polar surface area (TPSA) is 120 Å². The molecular weight excluding hydrogens is 264 g/mol. The zero-order valence-corrected chi connectivity index (χ0v) is 10.1. The van der Waals surface area contributed by atoms with Crippen LogP contribution >= 0.6 is 0 Å². The number of nitrogens with one attached hydrogen (secondary N) is 1. The van der Waals surface area contributed by atoms with Gasteiger partial charge in [-0.2, -0.15) is 0 Å². The Morgan fingerprint density at radius 2 is 1.85 bits per heavy atom. The lowest BCUT2D eigenvalue weighted by Crippen LogP contribution is -2.13. The molecule has 2 rings (SSSR count). The van der Waals surface area contributed by atoms with E-state index in [0.29, 0.717) is 0 Å². The average molecular weight is 274 g/mol. The fourth-order valence-electron chi connectivity index (χ4n) is 1.54. The van der Waals surface area contributed by atoms with Gasteiger partial charge in [0.05, 0.1) is 23.0 Å². The molecule has 0 aliphatic heterocycles. The van der Waals surface area contributed by atoms with E-state index in [1.54, 1.807) is 0 Å². The Hall–Kier alpha value is -3.09. The first kappa shape index (κ1) is 13.3. The summed E-state index contributed by atoms with van der Waals surface area (Å²) < 4.78 is 0. The highest BCUT2D eigenvalue weighted by molar-refractivity contribution is 6.06. The van der Waals surface area contributed by atoms with Gasteiger partial charge in [0.2, 0.25) is 0 Å². The fourth-order valence-corrected chi connectivity index (χ4v) is 1.54. The minimum atomic E-state index is -1.17. The van der Waals surface area contributed by atoms with Gasteiger partial charge in [0.15, 0.2) is 0 Å². The lowest BCUT2D eigenvalue weighted by atomic mass is 10.1. The summed E-state index contributed by atoms with van der Waals surface area (Å²) in [6.07, 6.45) is 2.43. The summed E-state index contributed by atoms with van der Waals surface area (Å²) in [5, 5.41) is 29.9. The average Bonchev–Trinajstić information content (AvgIpc) is 2.38. The molecule has 0 aliphatic rings. The molecule has 4 N–H and O–H groups in total. The largest absolute Gasteiger partial charge is 0.508 e. The van der Waals surface area contributed by atoms with Crippen LogP contribution in [0, 0.1) is 0 Å². The van der Waals surface area contributed by atoms with Gasteiger partial charge in [-0.05, 0) is 18.2 Å². The van der Waals surface area contributed by atoms with Crippen LogP contribution in [0.15, 0.2) is 36.7 Å². The van der Waals surface area contributed by atoms with Crippen LogP contribution in [0.2, 0.25) is 0 Å². The Balaban J connectivity index is 2.23. The number of phenols is 2. The van der Waals surface area contributed by atoms with Crippen molar-refractivity contribution in [3.05, 3.63) is 47.8 Å². The molecule has 7 nitrogen and oxygen atoms in total. The maximum Gasteiger partial charge on any atom is 0.337 e. The fraction of sp³-hybridized carbons (Fsp3) is 0. The van der Waals surface area contributed by atoms with Gasteiger partial charge in [0.25, 0.3) is 5.91 Å². The first-order valence-corrected chi connectivity index (χ1v) is 5.49. The summed E-state index contributed by atoms with van der Waals surface area (Å²) in [7, 11) is 0. The van der Waals surface area contributed by atoms with E-state index in [9.17, 15) is 14.7 Å². The lowest BCUT2D eigenvalue weighted by Gasteiger charge is -2.07. The third-order valence-electron chi connectivity index (χ3n) is 2.47. The van der Waals surface area contributed by atoms with Crippen molar-refractivity contribution < 1.29 is 24.9 Å². The van der Waals surface area contributed by atoms with Gasteiger partial charge in [-0.15, -0.1) is 0 Å². The zero-order chi connectivity index (χ0) is 14.7. The van der Waals surface area contributed by atoms with Crippen LogP contribution in [0.5, 0.6) is 11.5 Å². The number of carboxylic acid groups (broad SMARTS) is 1. The summed E-state index contributed by atoms with van der Waals surface area (Å²) >= 11 is 0. The molecule has 1 aromatic heterocycles. The number of aromatic carboxylic acids is 1. The molecule has 102 valence electrons. The number of aromatic nitrogens is 1. The van der Waals surface area contributed by atoms with Gasteiger partial charge in [0, 0.05) is 12.3 Å². The number of hydrogen-bond donors (Lipinski definition) is 4. The van der Waals surface area contributed by atoms with Crippen molar-refractivity contribution in [1.82, 2.24) is 4.98 Å². The maximum absolute atomic E-state index is 11.9. The monoisotopic (exact) mass is 274 g/mol. The Morgan fingerprint density at radius 3 is 2.50 bits per heavy atom. The highest BCUT2D eigenvalue weighted by atomic mass is 16.4. The van der Waals surface area contributed by atoms with Crippen LogP contribution in [0.4, 0.5) is 5.69 Å². The number of phenolic OH excluding ortho intramolecular Hbond substituents is 2. The smallest absolute Gasteiger partial charge is 0.337 e. The first-order valence-electron chi connectivity index (χ1n) is 5.49. The lowest BCUT2D eigenvalue weighted by molar-refractivity contribution is 0.0696. The molecule has 2 aromatic rings. The number of carboxylic acids is 1. The third kappa shape index (κ3) is 2.83. The molecule has 1 heterocycles. The highest BCUT2D eigenvalue weighted by Gasteiger charge is 2.13. The summed E-state index contributed by atoms with van der Waals surface area (Å²) in [5.74, 6) is -2.37. The molecule has 0 unspecified atom stereocenters. The standard InChI is InChI=1S/C13H10N2O5/c16-9-1-2-10(11(17)4-9)12(18)15-8-3-7(13(19)20)5-14-6-8/h1-6,16-17H,(H,15,18)(H,19,20). The SMILES string of the molecule is O=C(O)c1cncc(NC(=O)c2ccc(O)cc2O)c1. The number of benzene rings is 1. The van der Waals surface area contributed by atoms with Crippen LogP contribution < -0.4 is 5.32 Å². The Labute approximate surface area is 113 Å². The van der Waals surface area contributed by atoms with Crippen LogP contribution in [-0.2, 0) is 0 Å². The molecule has 1 aromatic carbocycles. The Bertz CT molecular complexity index is 684. The number of rotatable bonds is 3. The minimum Gasteiger partial charge on any atom is -0.508 e. The van der Waals surface area contributed by atoms with Crippen LogP contribution in [0.1, 0.15) is 20.7 Å². The van der Waals surface area contributed by atoms with Gasteiger partial charge in [-0.1, -0.05) is 0 Å². The van der Waals surface area contributed by atoms with Crippen LogP contribution in [-0.4, -0.2) is 32.2 Å². The molecule has 0 saturated heterocycles. The van der Waals surface area contributed by atoms with Gasteiger partial charge < -0.3 is 20.6 Å². The van der Waals surface area contributed by atoms with E-state index in [0.717, 1.165) is 12.3 Å². The molecule has 0 radical (unpaired) electrons. The molecule has 0 bridgehead atoms. The number of hydrogen-bond acceptors (Lipinski definition) is 5. The van der Waals surface area contributed by atoms with E-state index in [1.807, 2.05) is 0 Å². The summed E-state index contributed by atoms with van der Waals surface area (Å²) in [5.41, 5.74) is 0.0589. The molecule has 0 aliphatic carbocycles. The van der Waals surface area contributed by atoms with Crippen molar-refractivity contribution in [2.24, 2.45) is 0 Å². The predicted octanol–water partition coefficient (Wildman–Crippen LogP) is 1.44. The van der Waals surface area contributed by atoms with Crippen molar-refractivity contribution in [3.8, 4) is 11.5 Å². The number of carbonyl (C=O) groups excluding carboxylic acids is 1. The number of pyridine rings is 1. The first-order chi connectivity index (χ1) is 9.47. The normalized spacial score (nSPS) is 10.0. The highest BCUT2D eigenvalue weighted by Crippen LogP contribution is 2.23. The summed E-state index contributed by atoms with van der Waals surface area (Å²) in [4.78, 5) is 26.4. The van der Waals surface area contributed by atoms with Crippen LogP contribution in [0.3, 0.4) is 0 Å². The molecule has 0 fully saturated rings. The quantitative estimate of drug-likeness (QED) is 0.672. The van der Waals surface area contributed by atoms with Gasteiger partial charge in [-0.25, -0.2) is 4.79 Å². The number of anilines is 1. The number of carbonyl (C=O) groups is 2.